The molecule has 2 spiro atoms. The maximum Gasteiger partial charge on any atom is 0.343 e. The highest BCUT2D eigenvalue weighted by atomic mass is 16.8. The zero-order valence-electron chi connectivity index (χ0n) is 16.9. The molecule has 0 aromatic carbocycles. The number of carbonyl (C=O) groups excluding carboxylic acids is 3. The normalized spacial score (nSPS) is 60.1. The van der Waals surface area contributed by atoms with E-state index in [9.17, 15) is 29.7 Å². The predicted octanol–water partition coefficient (Wildman–Crippen LogP) is -1.37. The Morgan fingerprint density at radius 2 is 1.70 bits per heavy atom. The second-order valence-corrected chi connectivity index (χ2v) is 10.7. The van der Waals surface area contributed by atoms with Gasteiger partial charge in [-0.05, 0) is 24.7 Å². The monoisotopic (exact) mass is 424 g/mol. The van der Waals surface area contributed by atoms with Crippen molar-refractivity contribution in [1.29, 1.82) is 0 Å². The molecule has 0 amide bonds. The molecule has 10 nitrogen and oxygen atoms in total. The van der Waals surface area contributed by atoms with Gasteiger partial charge in [-0.2, -0.15) is 0 Å². The molecular weight excluding hydrogens is 400 g/mol. The molecule has 6 aliphatic rings. The Morgan fingerprint density at radius 3 is 2.33 bits per heavy atom. The maximum absolute atomic E-state index is 13.4. The lowest BCUT2D eigenvalue weighted by Crippen LogP contribution is -2.67. The fourth-order valence-corrected chi connectivity index (χ4v) is 8.12. The zero-order chi connectivity index (χ0) is 21.8. The van der Waals surface area contributed by atoms with Crippen molar-refractivity contribution in [1.82, 2.24) is 0 Å². The highest BCUT2D eigenvalue weighted by molar-refractivity contribution is 5.94. The number of rotatable bonds is 0. The van der Waals surface area contributed by atoms with Crippen LogP contribution in [0, 0.1) is 28.1 Å². The highest BCUT2D eigenvalue weighted by Crippen LogP contribution is 2.84. The lowest BCUT2D eigenvalue weighted by Gasteiger charge is -2.47. The summed E-state index contributed by atoms with van der Waals surface area (Å²) in [6, 6.07) is 0. The number of fused-ring (bicyclic) bond motifs is 1. The average molecular weight is 424 g/mol. The summed E-state index contributed by atoms with van der Waals surface area (Å²) in [6.07, 6.45) is -6.91. The standard InChI is InChI=1S/C20H24O10/c1-6-12(23)28-11-9(21)18-8-5-7(16(2,3)4)17(18)10(22)13(24)29-15(17)30-20(18,14(25)27-8)19(6,11)26/h6-11,15,21-22,26H,5H2,1-4H3/t6-,7+,8?,9+,10+,11?,15+,17?,18?,19-,20+/m1/s1. The first-order valence-corrected chi connectivity index (χ1v) is 10.2. The molecule has 3 N–H and O–H groups in total. The number of hydrogen-bond acceptors (Lipinski definition) is 10. The molecule has 0 radical (unpaired) electrons. The fraction of sp³-hybridized carbons (Fsp3) is 0.850. The number of carbonyl (C=O) groups is 3. The molecule has 4 saturated heterocycles. The van der Waals surface area contributed by atoms with E-state index >= 15 is 0 Å². The third-order valence-corrected chi connectivity index (χ3v) is 9.00. The number of esters is 3. The van der Waals surface area contributed by atoms with Crippen molar-refractivity contribution in [3.63, 3.8) is 0 Å². The Kier molecular flexibility index (Phi) is 2.97. The molecule has 11 atom stereocenters. The number of hydrogen-bond donors (Lipinski definition) is 3. The molecule has 0 aromatic heterocycles. The van der Waals surface area contributed by atoms with Gasteiger partial charge in [-0.15, -0.1) is 0 Å². The zero-order valence-corrected chi connectivity index (χ0v) is 16.9. The van der Waals surface area contributed by atoms with E-state index in [1.807, 2.05) is 20.8 Å². The van der Waals surface area contributed by atoms with Crippen molar-refractivity contribution < 1.29 is 48.7 Å². The lowest BCUT2D eigenvalue weighted by atomic mass is 9.51. The summed E-state index contributed by atoms with van der Waals surface area (Å²) in [5.41, 5.74) is -8.26. The fourth-order valence-electron chi connectivity index (χ4n) is 8.12. The van der Waals surface area contributed by atoms with Gasteiger partial charge in [-0.3, -0.25) is 4.79 Å². The van der Waals surface area contributed by atoms with E-state index in [4.69, 9.17) is 18.9 Å². The first-order valence-electron chi connectivity index (χ1n) is 10.2. The van der Waals surface area contributed by atoms with Gasteiger partial charge in [0.15, 0.2) is 17.8 Å². The van der Waals surface area contributed by atoms with Crippen molar-refractivity contribution in [2.45, 2.75) is 76.0 Å². The molecule has 30 heavy (non-hydrogen) atoms. The van der Waals surface area contributed by atoms with E-state index in [1.54, 1.807) is 0 Å². The molecular formula is C20H24O10. The SMILES string of the molecule is C[C@@H]1C(=O)OC2[C@H](O)C34C5C[C@@H](C(C)(C)C)C36[C@@H](OC(=O)[C@@H]6O)O[C@]4(C(=O)O5)[C@]21O. The first kappa shape index (κ1) is 19.0. The molecule has 0 bridgehead atoms. The first-order chi connectivity index (χ1) is 13.8. The van der Waals surface area contributed by atoms with Gasteiger partial charge in [0.05, 0.1) is 16.7 Å². The molecule has 6 fully saturated rings. The van der Waals surface area contributed by atoms with Gasteiger partial charge in [0.1, 0.15) is 12.2 Å². The summed E-state index contributed by atoms with van der Waals surface area (Å²) in [5, 5.41) is 34.7. The van der Waals surface area contributed by atoms with E-state index in [0.717, 1.165) is 0 Å². The Bertz CT molecular complexity index is 925. The van der Waals surface area contributed by atoms with Gasteiger partial charge in [-0.1, -0.05) is 20.8 Å². The lowest BCUT2D eigenvalue weighted by molar-refractivity contribution is -0.239. The summed E-state index contributed by atoms with van der Waals surface area (Å²) in [6.45, 7) is 7.14. The van der Waals surface area contributed by atoms with Crippen LogP contribution in [0.1, 0.15) is 34.1 Å². The summed E-state index contributed by atoms with van der Waals surface area (Å²) in [4.78, 5) is 38.2. The Labute approximate surface area is 171 Å². The predicted molar refractivity (Wildman–Crippen MR) is 92.0 cm³/mol. The Balaban J connectivity index is 1.72. The van der Waals surface area contributed by atoms with Crippen LogP contribution in [-0.2, 0) is 33.3 Å². The largest absolute Gasteiger partial charge is 0.459 e. The van der Waals surface area contributed by atoms with Crippen LogP contribution in [0.15, 0.2) is 0 Å². The molecule has 0 aromatic rings. The van der Waals surface area contributed by atoms with Crippen molar-refractivity contribution in [3.05, 3.63) is 0 Å². The van der Waals surface area contributed by atoms with Crippen molar-refractivity contribution in [2.75, 3.05) is 0 Å². The van der Waals surface area contributed by atoms with Gasteiger partial charge in [0.25, 0.3) is 0 Å². The molecule has 4 aliphatic heterocycles. The second-order valence-electron chi connectivity index (χ2n) is 10.7. The van der Waals surface area contributed by atoms with Crippen LogP contribution in [-0.4, -0.2) is 75.1 Å². The average Bonchev–Trinajstić information content (AvgIpc) is 3.35. The third kappa shape index (κ3) is 1.33. The van der Waals surface area contributed by atoms with E-state index in [2.05, 4.69) is 0 Å². The van der Waals surface area contributed by atoms with Crippen LogP contribution in [0.25, 0.3) is 0 Å². The van der Waals surface area contributed by atoms with Gasteiger partial charge in [0.2, 0.25) is 11.9 Å². The van der Waals surface area contributed by atoms with Crippen LogP contribution in [0.2, 0.25) is 0 Å². The molecule has 4 unspecified atom stereocenters. The van der Waals surface area contributed by atoms with E-state index in [-0.39, 0.29) is 6.42 Å². The highest BCUT2D eigenvalue weighted by Gasteiger charge is 3.03. The molecule has 164 valence electrons. The van der Waals surface area contributed by atoms with Gasteiger partial charge in [0, 0.05) is 0 Å². The molecule has 2 aliphatic carbocycles. The van der Waals surface area contributed by atoms with Crippen molar-refractivity contribution in [3.8, 4) is 0 Å². The Hall–Kier alpha value is -1.75. The van der Waals surface area contributed by atoms with Gasteiger partial charge < -0.3 is 34.3 Å². The summed E-state index contributed by atoms with van der Waals surface area (Å²) < 4.78 is 22.5. The second kappa shape index (κ2) is 4.69. The third-order valence-electron chi connectivity index (χ3n) is 9.00. The van der Waals surface area contributed by atoms with Crippen LogP contribution in [0.3, 0.4) is 0 Å². The summed E-state index contributed by atoms with van der Waals surface area (Å²) in [5.74, 6) is -4.32. The molecule has 6 rings (SSSR count). The van der Waals surface area contributed by atoms with Crippen LogP contribution >= 0.6 is 0 Å². The maximum atomic E-state index is 13.4. The van der Waals surface area contributed by atoms with Crippen LogP contribution < -0.4 is 0 Å². The van der Waals surface area contributed by atoms with Crippen LogP contribution in [0.5, 0.6) is 0 Å². The van der Waals surface area contributed by atoms with E-state index in [0.29, 0.717) is 0 Å². The number of aliphatic hydroxyl groups excluding tert-OH is 2. The topological polar surface area (TPSA) is 149 Å². The Morgan fingerprint density at radius 1 is 1.03 bits per heavy atom. The summed E-state index contributed by atoms with van der Waals surface area (Å²) >= 11 is 0. The van der Waals surface area contributed by atoms with E-state index in [1.165, 1.54) is 6.92 Å². The minimum atomic E-state index is -2.24. The molecule has 4 heterocycles. The van der Waals surface area contributed by atoms with Gasteiger partial charge >= 0.3 is 17.9 Å². The van der Waals surface area contributed by atoms with E-state index < -0.39 is 87.9 Å². The number of aliphatic hydroxyl groups is 3. The van der Waals surface area contributed by atoms with Gasteiger partial charge in [-0.25, -0.2) is 9.59 Å². The smallest absolute Gasteiger partial charge is 0.343 e. The minimum absolute atomic E-state index is 0.229. The van der Waals surface area contributed by atoms with Crippen LogP contribution in [0.4, 0.5) is 0 Å². The number of ether oxygens (including phenoxy) is 4. The van der Waals surface area contributed by atoms with Crippen molar-refractivity contribution >= 4 is 17.9 Å². The van der Waals surface area contributed by atoms with Crippen molar-refractivity contribution in [2.24, 2.45) is 28.1 Å². The minimum Gasteiger partial charge on any atom is -0.459 e. The molecule has 2 saturated carbocycles. The quantitative estimate of drug-likeness (QED) is 0.314. The summed E-state index contributed by atoms with van der Waals surface area (Å²) in [7, 11) is 0. The molecule has 10 heteroatoms.